The molecule has 132 valence electrons. The standard InChI is InChI=1S/C18H13BrClN3O3/c19-12-5-7-13(8-6-12)23-16(25)9-15(24)17(22-23)18(26)21-10-11-3-1-2-4-14(11)20/h1-9,24H,10H2,(H,21,26). The molecule has 0 aliphatic heterocycles. The molecule has 0 saturated heterocycles. The van der Waals surface area contributed by atoms with Gasteiger partial charge in [-0.05, 0) is 35.9 Å². The Hall–Kier alpha value is -2.64. The predicted octanol–water partition coefficient (Wildman–Crippen LogP) is 3.28. The highest BCUT2D eigenvalue weighted by atomic mass is 79.9. The molecule has 2 aromatic carbocycles. The number of amides is 1. The number of carbonyl (C=O) groups excluding carboxylic acids is 1. The van der Waals surface area contributed by atoms with E-state index in [-0.39, 0.29) is 12.2 Å². The van der Waals surface area contributed by atoms with Crippen molar-refractivity contribution in [2.24, 2.45) is 0 Å². The van der Waals surface area contributed by atoms with E-state index in [4.69, 9.17) is 11.6 Å². The topological polar surface area (TPSA) is 84.2 Å². The van der Waals surface area contributed by atoms with Crippen molar-refractivity contribution in [1.29, 1.82) is 0 Å². The van der Waals surface area contributed by atoms with Gasteiger partial charge in [0.25, 0.3) is 11.5 Å². The third-order valence-corrected chi connectivity index (χ3v) is 4.49. The average molecular weight is 435 g/mol. The van der Waals surface area contributed by atoms with Gasteiger partial charge in [-0.3, -0.25) is 9.59 Å². The van der Waals surface area contributed by atoms with Gasteiger partial charge in [0.2, 0.25) is 0 Å². The molecule has 8 heteroatoms. The van der Waals surface area contributed by atoms with Crippen molar-refractivity contribution in [2.45, 2.75) is 6.54 Å². The number of hydrogen-bond acceptors (Lipinski definition) is 4. The third-order valence-electron chi connectivity index (χ3n) is 3.60. The summed E-state index contributed by atoms with van der Waals surface area (Å²) in [4.78, 5) is 24.5. The summed E-state index contributed by atoms with van der Waals surface area (Å²) in [6.07, 6.45) is 0. The van der Waals surface area contributed by atoms with Crippen LogP contribution < -0.4 is 10.9 Å². The Morgan fingerprint density at radius 3 is 2.58 bits per heavy atom. The van der Waals surface area contributed by atoms with Gasteiger partial charge in [0, 0.05) is 22.1 Å². The molecular formula is C18H13BrClN3O3. The highest BCUT2D eigenvalue weighted by Gasteiger charge is 2.17. The fourth-order valence-electron chi connectivity index (χ4n) is 2.28. The summed E-state index contributed by atoms with van der Waals surface area (Å²) >= 11 is 9.37. The van der Waals surface area contributed by atoms with Crippen LogP contribution >= 0.6 is 27.5 Å². The molecule has 0 radical (unpaired) electrons. The zero-order valence-corrected chi connectivity index (χ0v) is 15.7. The van der Waals surface area contributed by atoms with Crippen molar-refractivity contribution in [3.05, 3.63) is 85.7 Å². The molecule has 1 heterocycles. The van der Waals surface area contributed by atoms with E-state index in [2.05, 4.69) is 26.3 Å². The van der Waals surface area contributed by atoms with Crippen LogP contribution in [0.5, 0.6) is 5.75 Å². The molecule has 0 fully saturated rings. The summed E-state index contributed by atoms with van der Waals surface area (Å²) in [5.41, 5.74) is 0.397. The van der Waals surface area contributed by atoms with Gasteiger partial charge >= 0.3 is 0 Å². The molecule has 0 bridgehead atoms. The van der Waals surface area contributed by atoms with Gasteiger partial charge < -0.3 is 10.4 Å². The Labute approximate surface area is 162 Å². The van der Waals surface area contributed by atoms with Crippen LogP contribution in [0.2, 0.25) is 5.02 Å². The maximum atomic E-state index is 12.4. The van der Waals surface area contributed by atoms with Gasteiger partial charge in [-0.2, -0.15) is 9.78 Å². The molecule has 1 amide bonds. The number of halogens is 2. The molecule has 1 aromatic heterocycles. The fourth-order valence-corrected chi connectivity index (χ4v) is 2.74. The first-order valence-corrected chi connectivity index (χ1v) is 8.73. The molecule has 0 unspecified atom stereocenters. The zero-order chi connectivity index (χ0) is 18.7. The smallest absolute Gasteiger partial charge is 0.275 e. The summed E-state index contributed by atoms with van der Waals surface area (Å²) in [7, 11) is 0. The fraction of sp³-hybridized carbons (Fsp3) is 0.0556. The Kier molecular flexibility index (Phi) is 5.39. The minimum Gasteiger partial charge on any atom is -0.505 e. The Morgan fingerprint density at radius 1 is 1.19 bits per heavy atom. The monoisotopic (exact) mass is 433 g/mol. The number of nitrogens with zero attached hydrogens (tertiary/aromatic N) is 2. The van der Waals surface area contributed by atoms with Crippen LogP contribution in [0.3, 0.4) is 0 Å². The first-order valence-electron chi connectivity index (χ1n) is 7.56. The van der Waals surface area contributed by atoms with E-state index < -0.39 is 17.2 Å². The number of benzene rings is 2. The number of carbonyl (C=O) groups is 1. The van der Waals surface area contributed by atoms with Crippen molar-refractivity contribution >= 4 is 33.4 Å². The Bertz CT molecular complexity index is 1020. The van der Waals surface area contributed by atoms with Crippen LogP contribution in [0.1, 0.15) is 16.1 Å². The molecule has 6 nitrogen and oxygen atoms in total. The zero-order valence-electron chi connectivity index (χ0n) is 13.3. The van der Waals surface area contributed by atoms with Gasteiger partial charge in [-0.25, -0.2) is 0 Å². The summed E-state index contributed by atoms with van der Waals surface area (Å²) in [6.45, 7) is 0.164. The minimum atomic E-state index is -0.617. The second-order valence-electron chi connectivity index (χ2n) is 5.38. The first-order chi connectivity index (χ1) is 12.5. The quantitative estimate of drug-likeness (QED) is 0.660. The number of rotatable bonds is 4. The molecular weight excluding hydrogens is 422 g/mol. The number of aromatic hydroxyl groups is 1. The second kappa shape index (κ2) is 7.72. The molecule has 3 aromatic rings. The van der Waals surface area contributed by atoms with E-state index in [0.29, 0.717) is 10.7 Å². The van der Waals surface area contributed by atoms with E-state index in [9.17, 15) is 14.7 Å². The maximum Gasteiger partial charge on any atom is 0.275 e. The summed E-state index contributed by atoms with van der Waals surface area (Å²) in [5.74, 6) is -1.10. The van der Waals surface area contributed by atoms with Crippen LogP contribution in [-0.4, -0.2) is 20.8 Å². The van der Waals surface area contributed by atoms with Crippen LogP contribution in [0.15, 0.2) is 63.9 Å². The van der Waals surface area contributed by atoms with Crippen LogP contribution in [0.25, 0.3) is 5.69 Å². The lowest BCUT2D eigenvalue weighted by molar-refractivity contribution is 0.0941. The highest BCUT2D eigenvalue weighted by Crippen LogP contribution is 2.17. The van der Waals surface area contributed by atoms with E-state index in [0.717, 1.165) is 20.8 Å². The summed E-state index contributed by atoms with van der Waals surface area (Å²) in [5, 5.41) is 17.1. The largest absolute Gasteiger partial charge is 0.505 e. The van der Waals surface area contributed by atoms with Gasteiger partial charge in [-0.1, -0.05) is 45.7 Å². The first kappa shape index (κ1) is 18.2. The van der Waals surface area contributed by atoms with Gasteiger partial charge in [0.1, 0.15) is 0 Å². The minimum absolute atomic E-state index is 0.164. The van der Waals surface area contributed by atoms with E-state index in [1.165, 1.54) is 0 Å². The molecule has 0 aliphatic carbocycles. The maximum absolute atomic E-state index is 12.4. The molecule has 3 rings (SSSR count). The molecule has 26 heavy (non-hydrogen) atoms. The molecule has 0 atom stereocenters. The van der Waals surface area contributed by atoms with Crippen LogP contribution in [0.4, 0.5) is 0 Å². The molecule has 0 spiro atoms. The Balaban J connectivity index is 1.88. The lowest BCUT2D eigenvalue weighted by Crippen LogP contribution is -2.29. The van der Waals surface area contributed by atoms with Crippen molar-refractivity contribution in [2.75, 3.05) is 0 Å². The lowest BCUT2D eigenvalue weighted by atomic mass is 10.2. The molecule has 0 saturated carbocycles. The van der Waals surface area contributed by atoms with E-state index >= 15 is 0 Å². The van der Waals surface area contributed by atoms with Crippen molar-refractivity contribution in [1.82, 2.24) is 15.1 Å². The Morgan fingerprint density at radius 2 is 1.88 bits per heavy atom. The van der Waals surface area contributed by atoms with Crippen molar-refractivity contribution in [3.63, 3.8) is 0 Å². The summed E-state index contributed by atoms with van der Waals surface area (Å²) < 4.78 is 1.89. The summed E-state index contributed by atoms with van der Waals surface area (Å²) in [6, 6.07) is 14.9. The average Bonchev–Trinajstić information content (AvgIpc) is 2.62. The second-order valence-corrected chi connectivity index (χ2v) is 6.70. The predicted molar refractivity (Wildman–Crippen MR) is 102 cm³/mol. The third kappa shape index (κ3) is 3.95. The number of hydrogen-bond donors (Lipinski definition) is 2. The van der Waals surface area contributed by atoms with Gasteiger partial charge in [0.15, 0.2) is 11.4 Å². The van der Waals surface area contributed by atoms with Crippen LogP contribution in [-0.2, 0) is 6.54 Å². The SMILES string of the molecule is O=C(NCc1ccccc1Cl)c1nn(-c2ccc(Br)cc2)c(=O)cc1O. The normalized spacial score (nSPS) is 10.5. The van der Waals surface area contributed by atoms with Crippen molar-refractivity contribution < 1.29 is 9.90 Å². The molecule has 0 aliphatic rings. The van der Waals surface area contributed by atoms with Gasteiger partial charge in [-0.15, -0.1) is 0 Å². The molecule has 2 N–H and O–H groups in total. The number of aromatic nitrogens is 2. The van der Waals surface area contributed by atoms with E-state index in [1.807, 2.05) is 0 Å². The van der Waals surface area contributed by atoms with Crippen LogP contribution in [0, 0.1) is 0 Å². The number of nitrogens with one attached hydrogen (secondary N) is 1. The van der Waals surface area contributed by atoms with Crippen molar-refractivity contribution in [3.8, 4) is 11.4 Å². The lowest BCUT2D eigenvalue weighted by Gasteiger charge is -2.10. The van der Waals surface area contributed by atoms with E-state index in [1.54, 1.807) is 48.5 Å². The van der Waals surface area contributed by atoms with Gasteiger partial charge in [0.05, 0.1) is 5.69 Å². The highest BCUT2D eigenvalue weighted by molar-refractivity contribution is 9.10.